The molecule has 0 aliphatic heterocycles. The lowest BCUT2D eigenvalue weighted by atomic mass is 10.2. The van der Waals surface area contributed by atoms with E-state index in [0.717, 1.165) is 13.0 Å². The second-order valence-electron chi connectivity index (χ2n) is 12.3. The second-order valence-corrected chi connectivity index (χ2v) is 12.3. The Balaban J connectivity index is 1.57. The molecule has 14 nitrogen and oxygen atoms in total. The van der Waals surface area contributed by atoms with Crippen molar-refractivity contribution in [3.05, 3.63) is 59.2 Å². The molecular formula is C34H52N8O6. The van der Waals surface area contributed by atoms with Gasteiger partial charge in [-0.15, -0.1) is 0 Å². The first-order valence-electron chi connectivity index (χ1n) is 16.5. The number of carbonyl (C=O) groups is 4. The van der Waals surface area contributed by atoms with Crippen LogP contribution in [0.2, 0.25) is 0 Å². The number of aromatic nitrogens is 2. The molecule has 0 spiro atoms. The third-order valence-electron chi connectivity index (χ3n) is 7.84. The van der Waals surface area contributed by atoms with Crippen LogP contribution in [-0.2, 0) is 32.2 Å². The highest BCUT2D eigenvalue weighted by Crippen LogP contribution is 2.36. The topological polar surface area (TPSA) is 150 Å². The number of nitrogens with one attached hydrogen (secondary N) is 2. The summed E-state index contributed by atoms with van der Waals surface area (Å²) in [6, 6.07) is 6.59. The number of ether oxygens (including phenoxy) is 2. The highest BCUT2D eigenvalue weighted by molar-refractivity contribution is 5.89. The van der Waals surface area contributed by atoms with Gasteiger partial charge in [-0.2, -0.15) is 0 Å². The first-order chi connectivity index (χ1) is 23.0. The fraction of sp³-hybridized carbons (Fsp3) is 0.588. The van der Waals surface area contributed by atoms with Gasteiger partial charge in [0.05, 0.1) is 48.8 Å². The molecular weight excluding hydrogens is 616 g/mol. The average Bonchev–Trinajstić information content (AvgIpc) is 3.81. The van der Waals surface area contributed by atoms with Gasteiger partial charge >= 0.3 is 11.9 Å². The van der Waals surface area contributed by atoms with Gasteiger partial charge < -0.3 is 39.7 Å². The predicted molar refractivity (Wildman–Crippen MR) is 181 cm³/mol. The Kier molecular flexibility index (Phi) is 15.8. The normalized spacial score (nSPS) is 15.3. The lowest BCUT2D eigenvalue weighted by Crippen LogP contribution is -2.45. The summed E-state index contributed by atoms with van der Waals surface area (Å²) in [5.41, 5.74) is 2.13. The minimum absolute atomic E-state index is 0.0173. The molecule has 2 heterocycles. The fourth-order valence-electron chi connectivity index (χ4n) is 5.16. The number of hydrogen-bond acceptors (Lipinski definition) is 12. The number of nitrogens with zero attached hydrogens (tertiary/aromatic N) is 6. The maximum absolute atomic E-state index is 13.5. The van der Waals surface area contributed by atoms with Crippen LogP contribution >= 0.6 is 0 Å². The molecule has 0 bridgehead atoms. The van der Waals surface area contributed by atoms with Crippen molar-refractivity contribution in [1.82, 2.24) is 40.2 Å². The minimum atomic E-state index is -0.405. The number of carbonyl (C=O) groups excluding carboxylic acids is 4. The van der Waals surface area contributed by atoms with Gasteiger partial charge in [-0.3, -0.25) is 19.6 Å². The molecule has 1 aliphatic carbocycles. The summed E-state index contributed by atoms with van der Waals surface area (Å²) in [5, 5.41) is 6.35. The van der Waals surface area contributed by atoms with Crippen LogP contribution in [0.1, 0.15) is 52.4 Å². The lowest BCUT2D eigenvalue weighted by molar-refractivity contribution is -0.131. The van der Waals surface area contributed by atoms with Crippen LogP contribution in [0.25, 0.3) is 0 Å². The Hall–Kier alpha value is -3.98. The van der Waals surface area contributed by atoms with Crippen molar-refractivity contribution in [2.24, 2.45) is 5.92 Å². The monoisotopic (exact) mass is 668 g/mol. The van der Waals surface area contributed by atoms with Gasteiger partial charge in [0, 0.05) is 64.2 Å². The van der Waals surface area contributed by atoms with Crippen molar-refractivity contribution in [3.63, 3.8) is 0 Å². The van der Waals surface area contributed by atoms with Crippen molar-refractivity contribution in [2.75, 3.05) is 87.2 Å². The number of rotatable bonds is 21. The maximum Gasteiger partial charge on any atom is 0.338 e. The minimum Gasteiger partial charge on any atom is -0.462 e. The molecule has 2 atom stereocenters. The molecule has 2 N–H and O–H groups in total. The number of likely N-dealkylation sites (N-methyl/N-ethyl adjacent to an activating group) is 2. The van der Waals surface area contributed by atoms with Gasteiger partial charge in [0.25, 0.3) is 0 Å². The molecule has 264 valence electrons. The van der Waals surface area contributed by atoms with Crippen LogP contribution in [0.4, 0.5) is 0 Å². The average molecular weight is 669 g/mol. The molecule has 0 aromatic carbocycles. The van der Waals surface area contributed by atoms with E-state index in [9.17, 15) is 19.2 Å². The van der Waals surface area contributed by atoms with E-state index in [4.69, 9.17) is 9.47 Å². The third-order valence-corrected chi connectivity index (χ3v) is 7.84. The molecule has 2 amide bonds. The van der Waals surface area contributed by atoms with Gasteiger partial charge in [0.15, 0.2) is 0 Å². The SMILES string of the molecule is CCOC(=O)c1ccnc(CNCC(=O)N(CCN(C)C)CC2CC2N(CCN(C)C)C(=O)CNCc2cc(C(=O)OCC)ccn2)c1. The summed E-state index contributed by atoms with van der Waals surface area (Å²) < 4.78 is 10.1. The molecule has 1 aliphatic rings. The number of hydrogen-bond donors (Lipinski definition) is 2. The standard InChI is InChI=1S/C34H52N8O6/c1-7-47-33(45)25-9-11-37-28(17-25)20-35-22-31(43)41(15-13-39(3)4)24-27-19-30(27)42(16-14-40(5)6)32(44)23-36-21-29-18-26(10-12-38-29)34(46)48-8-2/h9-12,17-18,27,30,35-36H,7-8,13-16,19-24H2,1-6H3. The largest absolute Gasteiger partial charge is 0.462 e. The number of amides is 2. The summed E-state index contributed by atoms with van der Waals surface area (Å²) in [6.45, 7) is 8.13. The molecule has 3 rings (SSSR count). The third kappa shape index (κ3) is 12.9. The predicted octanol–water partition coefficient (Wildman–Crippen LogP) is 0.878. The highest BCUT2D eigenvalue weighted by atomic mass is 16.5. The van der Waals surface area contributed by atoms with E-state index in [1.165, 1.54) is 0 Å². The maximum atomic E-state index is 13.5. The zero-order valence-corrected chi connectivity index (χ0v) is 29.2. The van der Waals surface area contributed by atoms with E-state index in [1.54, 1.807) is 50.5 Å². The van der Waals surface area contributed by atoms with Crippen molar-refractivity contribution in [3.8, 4) is 0 Å². The molecule has 14 heteroatoms. The fourth-order valence-corrected chi connectivity index (χ4v) is 5.16. The summed E-state index contributed by atoms with van der Waals surface area (Å²) in [7, 11) is 7.90. The molecule has 48 heavy (non-hydrogen) atoms. The quantitative estimate of drug-likeness (QED) is 0.182. The molecule has 2 unspecified atom stereocenters. The Labute approximate surface area is 284 Å². The summed E-state index contributed by atoms with van der Waals surface area (Å²) in [4.78, 5) is 67.5. The van der Waals surface area contributed by atoms with Crippen molar-refractivity contribution >= 4 is 23.8 Å². The second kappa shape index (κ2) is 19.7. The van der Waals surface area contributed by atoms with Crippen LogP contribution in [-0.4, -0.2) is 147 Å². The summed E-state index contributed by atoms with van der Waals surface area (Å²) in [6.07, 6.45) is 3.94. The van der Waals surface area contributed by atoms with Crippen LogP contribution in [0.3, 0.4) is 0 Å². The van der Waals surface area contributed by atoms with Gasteiger partial charge in [0.2, 0.25) is 11.8 Å². The van der Waals surface area contributed by atoms with E-state index in [0.29, 0.717) is 75.0 Å². The number of esters is 2. The van der Waals surface area contributed by atoms with E-state index in [2.05, 4.69) is 20.6 Å². The number of pyridine rings is 2. The van der Waals surface area contributed by atoms with Gasteiger partial charge in [-0.1, -0.05) is 0 Å². The van der Waals surface area contributed by atoms with Gasteiger partial charge in [-0.05, 0) is 78.6 Å². The van der Waals surface area contributed by atoms with Crippen molar-refractivity contribution in [1.29, 1.82) is 0 Å². The summed E-state index contributed by atoms with van der Waals surface area (Å²) >= 11 is 0. The van der Waals surface area contributed by atoms with Gasteiger partial charge in [0.1, 0.15) is 0 Å². The molecule has 1 saturated carbocycles. The zero-order chi connectivity index (χ0) is 35.1. The van der Waals surface area contributed by atoms with Crippen molar-refractivity contribution in [2.45, 2.75) is 39.4 Å². The van der Waals surface area contributed by atoms with Crippen LogP contribution in [0, 0.1) is 5.92 Å². The lowest BCUT2D eigenvalue weighted by Gasteiger charge is -2.28. The van der Waals surface area contributed by atoms with E-state index < -0.39 is 11.9 Å². The first-order valence-corrected chi connectivity index (χ1v) is 16.5. The molecule has 0 saturated heterocycles. The van der Waals surface area contributed by atoms with Crippen LogP contribution in [0.5, 0.6) is 0 Å². The van der Waals surface area contributed by atoms with E-state index in [-0.39, 0.29) is 36.9 Å². The van der Waals surface area contributed by atoms with Crippen LogP contribution < -0.4 is 10.6 Å². The Morgan fingerprint density at radius 3 is 1.75 bits per heavy atom. The Morgan fingerprint density at radius 1 is 0.750 bits per heavy atom. The Morgan fingerprint density at radius 2 is 1.25 bits per heavy atom. The summed E-state index contributed by atoms with van der Waals surface area (Å²) in [5.74, 6) is -0.685. The van der Waals surface area contributed by atoms with E-state index >= 15 is 0 Å². The smallest absolute Gasteiger partial charge is 0.338 e. The van der Waals surface area contributed by atoms with Gasteiger partial charge in [-0.25, -0.2) is 9.59 Å². The Bertz CT molecular complexity index is 1360. The first kappa shape index (κ1) is 38.5. The molecule has 2 aromatic rings. The zero-order valence-electron chi connectivity index (χ0n) is 29.2. The van der Waals surface area contributed by atoms with E-state index in [1.807, 2.05) is 47.8 Å². The highest BCUT2D eigenvalue weighted by Gasteiger charge is 2.44. The molecule has 1 fully saturated rings. The molecule has 0 radical (unpaired) electrons. The molecule has 2 aromatic heterocycles. The van der Waals surface area contributed by atoms with Crippen molar-refractivity contribution < 1.29 is 28.7 Å². The van der Waals surface area contributed by atoms with Crippen LogP contribution in [0.15, 0.2) is 36.7 Å².